The Morgan fingerprint density at radius 2 is 2.18 bits per heavy atom. The summed E-state index contributed by atoms with van der Waals surface area (Å²) in [4.78, 5) is 15.3. The van der Waals surface area contributed by atoms with Gasteiger partial charge in [0.25, 0.3) is 0 Å². The van der Waals surface area contributed by atoms with Crippen molar-refractivity contribution in [2.75, 3.05) is 7.11 Å². The Morgan fingerprint density at radius 3 is 2.82 bits per heavy atom. The molecule has 6 heteroatoms. The largest absolute Gasteiger partial charge is 0.492 e. The molecule has 88 valence electrons. The lowest BCUT2D eigenvalue weighted by atomic mass is 10.2. The number of carbonyl (C=O) groups is 1. The molecule has 1 N–H and O–H groups in total. The average Bonchev–Trinajstić information content (AvgIpc) is 2.71. The lowest BCUT2D eigenvalue weighted by molar-refractivity contribution is 0.0603. The molecule has 0 radical (unpaired) electrons. The zero-order valence-electron chi connectivity index (χ0n) is 8.81. The van der Waals surface area contributed by atoms with Gasteiger partial charge in [-0.05, 0) is 6.07 Å². The molecule has 0 aliphatic rings. The molecule has 4 nitrogen and oxygen atoms in total. The zero-order valence-corrected chi connectivity index (χ0v) is 10.4. The maximum Gasteiger partial charge on any atom is 0.353 e. The highest BCUT2D eigenvalue weighted by molar-refractivity contribution is 7.17. The first-order valence-corrected chi connectivity index (χ1v) is 5.86. The lowest BCUT2D eigenvalue weighted by Gasteiger charge is -1.97. The predicted molar refractivity (Wildman–Crippen MR) is 65.6 cm³/mol. The maximum atomic E-state index is 11.3. The van der Waals surface area contributed by atoms with E-state index in [0.29, 0.717) is 15.6 Å². The molecular formula is C11H8ClNO3S. The van der Waals surface area contributed by atoms with E-state index in [4.69, 9.17) is 11.6 Å². The van der Waals surface area contributed by atoms with Crippen LogP contribution in [0.3, 0.4) is 0 Å². The average molecular weight is 270 g/mol. The Hall–Kier alpha value is -1.59. The van der Waals surface area contributed by atoms with Crippen LogP contribution in [-0.4, -0.2) is 23.2 Å². The first-order valence-electron chi connectivity index (χ1n) is 4.66. The molecule has 1 heterocycles. The number of nitrogens with zero attached hydrogens (tertiary/aromatic N) is 1. The smallest absolute Gasteiger partial charge is 0.353 e. The highest BCUT2D eigenvalue weighted by Gasteiger charge is 2.19. The van der Waals surface area contributed by atoms with Crippen LogP contribution in [0.2, 0.25) is 5.02 Å². The minimum Gasteiger partial charge on any atom is -0.492 e. The van der Waals surface area contributed by atoms with Gasteiger partial charge < -0.3 is 9.84 Å². The van der Waals surface area contributed by atoms with Crippen LogP contribution in [0, 0.1) is 0 Å². The summed E-state index contributed by atoms with van der Waals surface area (Å²) in [7, 11) is 1.25. The number of halogens is 1. The quantitative estimate of drug-likeness (QED) is 0.852. The molecule has 2 aromatic rings. The molecule has 0 saturated carbocycles. The van der Waals surface area contributed by atoms with Gasteiger partial charge in [0.15, 0.2) is 4.88 Å². The van der Waals surface area contributed by atoms with E-state index in [2.05, 4.69) is 9.72 Å². The third-order valence-corrected chi connectivity index (χ3v) is 3.47. The number of ether oxygens (including phenoxy) is 1. The van der Waals surface area contributed by atoms with Crippen molar-refractivity contribution < 1.29 is 14.6 Å². The number of thiazole rings is 1. The van der Waals surface area contributed by atoms with Crippen LogP contribution in [-0.2, 0) is 4.74 Å². The standard InChI is InChI=1S/C11H8ClNO3S/c1-16-11(15)8-9(14)13-10(17-8)6-4-2-3-5-7(6)12/h2-5,14H,1H3. The molecule has 1 aromatic heterocycles. The number of aromatic nitrogens is 1. The molecule has 0 amide bonds. The summed E-state index contributed by atoms with van der Waals surface area (Å²) in [5.74, 6) is -0.949. The van der Waals surface area contributed by atoms with Crippen LogP contribution in [0.4, 0.5) is 0 Å². The van der Waals surface area contributed by atoms with Crippen LogP contribution in [0.1, 0.15) is 9.67 Å². The van der Waals surface area contributed by atoms with Crippen LogP contribution < -0.4 is 0 Å². The van der Waals surface area contributed by atoms with Gasteiger partial charge >= 0.3 is 5.97 Å². The van der Waals surface area contributed by atoms with Crippen molar-refractivity contribution in [3.63, 3.8) is 0 Å². The van der Waals surface area contributed by atoms with Gasteiger partial charge in [-0.3, -0.25) is 0 Å². The summed E-state index contributed by atoms with van der Waals surface area (Å²) >= 11 is 7.04. The lowest BCUT2D eigenvalue weighted by Crippen LogP contribution is -1.97. The normalized spacial score (nSPS) is 10.2. The van der Waals surface area contributed by atoms with Crippen molar-refractivity contribution in [3.8, 4) is 16.5 Å². The van der Waals surface area contributed by atoms with Gasteiger partial charge in [-0.25, -0.2) is 9.78 Å². The fourth-order valence-electron chi connectivity index (χ4n) is 1.29. The SMILES string of the molecule is COC(=O)c1sc(-c2ccccc2Cl)nc1O. The van der Waals surface area contributed by atoms with E-state index in [1.54, 1.807) is 24.3 Å². The monoisotopic (exact) mass is 269 g/mol. The molecule has 0 atom stereocenters. The van der Waals surface area contributed by atoms with Crippen molar-refractivity contribution in [2.45, 2.75) is 0 Å². The van der Waals surface area contributed by atoms with E-state index in [1.165, 1.54) is 7.11 Å². The number of hydrogen-bond acceptors (Lipinski definition) is 5. The number of benzene rings is 1. The predicted octanol–water partition coefficient (Wildman–Crippen LogP) is 2.96. The molecule has 0 fully saturated rings. The van der Waals surface area contributed by atoms with E-state index in [1.807, 2.05) is 0 Å². The Balaban J connectivity index is 2.49. The molecule has 0 saturated heterocycles. The summed E-state index contributed by atoms with van der Waals surface area (Å²) < 4.78 is 4.54. The maximum absolute atomic E-state index is 11.3. The second kappa shape index (κ2) is 4.73. The topological polar surface area (TPSA) is 59.4 Å². The zero-order chi connectivity index (χ0) is 12.4. The van der Waals surface area contributed by atoms with Gasteiger partial charge in [0.05, 0.1) is 12.1 Å². The Labute approximate surface area is 106 Å². The minimum absolute atomic E-state index is 0.0717. The summed E-state index contributed by atoms with van der Waals surface area (Å²) in [6.45, 7) is 0. The number of carbonyl (C=O) groups excluding carboxylic acids is 1. The molecule has 0 spiro atoms. The Bertz CT molecular complexity index is 568. The summed E-state index contributed by atoms with van der Waals surface area (Å²) in [5.41, 5.74) is 0.671. The van der Waals surface area contributed by atoms with Crippen LogP contribution in [0.15, 0.2) is 24.3 Å². The minimum atomic E-state index is -0.613. The molecule has 0 bridgehead atoms. The third-order valence-electron chi connectivity index (χ3n) is 2.08. The highest BCUT2D eigenvalue weighted by atomic mass is 35.5. The van der Waals surface area contributed by atoms with Crippen molar-refractivity contribution in [1.82, 2.24) is 4.98 Å². The first-order chi connectivity index (χ1) is 8.13. The first kappa shape index (κ1) is 11.9. The fourth-order valence-corrected chi connectivity index (χ4v) is 2.49. The van der Waals surface area contributed by atoms with Gasteiger partial charge in [-0.1, -0.05) is 29.8 Å². The molecule has 0 aliphatic heterocycles. The number of rotatable bonds is 2. The molecule has 2 rings (SSSR count). The molecule has 0 unspecified atom stereocenters. The van der Waals surface area contributed by atoms with E-state index in [9.17, 15) is 9.90 Å². The Morgan fingerprint density at radius 1 is 1.47 bits per heavy atom. The second-order valence-corrected chi connectivity index (χ2v) is 4.55. The number of methoxy groups -OCH3 is 1. The van der Waals surface area contributed by atoms with E-state index in [-0.39, 0.29) is 10.8 Å². The summed E-state index contributed by atoms with van der Waals surface area (Å²) in [6.07, 6.45) is 0. The molecule has 17 heavy (non-hydrogen) atoms. The van der Waals surface area contributed by atoms with Crippen LogP contribution in [0.5, 0.6) is 5.88 Å². The highest BCUT2D eigenvalue weighted by Crippen LogP contribution is 2.35. The third kappa shape index (κ3) is 2.25. The molecule has 0 aliphatic carbocycles. The fraction of sp³-hybridized carbons (Fsp3) is 0.0909. The van der Waals surface area contributed by atoms with Crippen LogP contribution >= 0.6 is 22.9 Å². The van der Waals surface area contributed by atoms with Crippen molar-refractivity contribution >= 4 is 28.9 Å². The number of hydrogen-bond donors (Lipinski definition) is 1. The second-order valence-electron chi connectivity index (χ2n) is 3.14. The molecule has 1 aromatic carbocycles. The summed E-state index contributed by atoms with van der Waals surface area (Å²) in [6, 6.07) is 7.08. The number of aromatic hydroxyl groups is 1. The van der Waals surface area contributed by atoms with Gasteiger partial charge in [0.2, 0.25) is 5.88 Å². The van der Waals surface area contributed by atoms with Gasteiger partial charge in [0, 0.05) is 5.56 Å². The number of esters is 1. The van der Waals surface area contributed by atoms with Crippen molar-refractivity contribution in [1.29, 1.82) is 0 Å². The van der Waals surface area contributed by atoms with Crippen LogP contribution in [0.25, 0.3) is 10.6 Å². The Kier molecular flexibility index (Phi) is 3.31. The van der Waals surface area contributed by atoms with Gasteiger partial charge in [-0.15, -0.1) is 11.3 Å². The van der Waals surface area contributed by atoms with Gasteiger partial charge in [-0.2, -0.15) is 0 Å². The van der Waals surface area contributed by atoms with E-state index >= 15 is 0 Å². The molecular weight excluding hydrogens is 262 g/mol. The van der Waals surface area contributed by atoms with E-state index in [0.717, 1.165) is 11.3 Å². The van der Waals surface area contributed by atoms with Crippen molar-refractivity contribution in [2.24, 2.45) is 0 Å². The van der Waals surface area contributed by atoms with E-state index < -0.39 is 5.97 Å². The van der Waals surface area contributed by atoms with Gasteiger partial charge in [0.1, 0.15) is 5.01 Å². The summed E-state index contributed by atoms with van der Waals surface area (Å²) in [5, 5.41) is 10.5. The van der Waals surface area contributed by atoms with Crippen molar-refractivity contribution in [3.05, 3.63) is 34.2 Å².